The van der Waals surface area contributed by atoms with Gasteiger partial charge in [0.2, 0.25) is 0 Å². The number of fused-ring (bicyclic) bond motifs is 2. The molecule has 2 aliphatic heterocycles. The van der Waals surface area contributed by atoms with Crippen LogP contribution in [0.4, 0.5) is 5.69 Å². The summed E-state index contributed by atoms with van der Waals surface area (Å²) in [5.74, 6) is 0.0358. The van der Waals surface area contributed by atoms with Crippen molar-refractivity contribution in [2.24, 2.45) is 0 Å². The molecule has 1 amide bonds. The molecule has 3 heterocycles. The molecule has 1 saturated heterocycles. The Morgan fingerprint density at radius 2 is 2.12 bits per heavy atom. The number of anilines is 1. The molecule has 1 atom stereocenters. The molecule has 0 aliphatic carbocycles. The van der Waals surface area contributed by atoms with Gasteiger partial charge in [0, 0.05) is 31.0 Å². The van der Waals surface area contributed by atoms with Crippen LogP contribution in [0.2, 0.25) is 0 Å². The van der Waals surface area contributed by atoms with E-state index in [0.29, 0.717) is 11.7 Å². The van der Waals surface area contributed by atoms with E-state index in [-0.39, 0.29) is 5.91 Å². The van der Waals surface area contributed by atoms with Crippen molar-refractivity contribution in [3.63, 3.8) is 0 Å². The molecule has 2 aliphatic rings. The fraction of sp³-hybridized carbons (Fsp3) is 0.400. The number of carbonyl (C=O) groups is 1. The largest absolute Gasteiger partial charge is 0.305 e. The van der Waals surface area contributed by atoms with Gasteiger partial charge in [-0.05, 0) is 49.1 Å². The fourth-order valence-corrected chi connectivity index (χ4v) is 3.98. The quantitative estimate of drug-likeness (QED) is 0.852. The van der Waals surface area contributed by atoms with Crippen molar-refractivity contribution in [2.45, 2.75) is 38.8 Å². The van der Waals surface area contributed by atoms with Crippen molar-refractivity contribution in [1.29, 1.82) is 0 Å². The molecule has 0 spiro atoms. The summed E-state index contributed by atoms with van der Waals surface area (Å²) < 4.78 is 0. The van der Waals surface area contributed by atoms with E-state index in [1.807, 2.05) is 23.1 Å². The van der Waals surface area contributed by atoms with Crippen LogP contribution in [0, 0.1) is 0 Å². The number of pyridine rings is 1. The van der Waals surface area contributed by atoms with Crippen LogP contribution in [0.25, 0.3) is 0 Å². The second-order valence-electron chi connectivity index (χ2n) is 6.68. The van der Waals surface area contributed by atoms with Crippen LogP contribution >= 0.6 is 0 Å². The Morgan fingerprint density at radius 1 is 1.25 bits per heavy atom. The Balaban J connectivity index is 1.76. The number of rotatable bonds is 2. The van der Waals surface area contributed by atoms with Crippen LogP contribution in [0.3, 0.4) is 0 Å². The van der Waals surface area contributed by atoms with Crippen LogP contribution < -0.4 is 4.90 Å². The Labute approximate surface area is 143 Å². The summed E-state index contributed by atoms with van der Waals surface area (Å²) in [6.07, 6.45) is 4.93. The zero-order valence-corrected chi connectivity index (χ0v) is 14.1. The van der Waals surface area contributed by atoms with E-state index in [0.717, 1.165) is 37.3 Å². The minimum Gasteiger partial charge on any atom is -0.305 e. The van der Waals surface area contributed by atoms with E-state index in [9.17, 15) is 4.79 Å². The Bertz CT molecular complexity index is 758. The molecule has 1 aromatic heterocycles. The van der Waals surface area contributed by atoms with Crippen molar-refractivity contribution in [2.75, 3.05) is 18.0 Å². The standard InChI is InChI=1S/C20H23N3O/c1-2-15-8-5-11-21-19(15)20(24)23-14-17-9-6-12-22(17)13-16-7-3-4-10-18(16)23/h3-5,7-8,10-11,17H,2,6,9,12-14H2,1H3/t17-/m0/s1. The highest BCUT2D eigenvalue weighted by molar-refractivity contribution is 6.06. The molecule has 0 N–H and O–H groups in total. The van der Waals surface area contributed by atoms with E-state index >= 15 is 0 Å². The van der Waals surface area contributed by atoms with Gasteiger partial charge in [0.15, 0.2) is 0 Å². The van der Waals surface area contributed by atoms with Gasteiger partial charge in [-0.1, -0.05) is 31.2 Å². The molecule has 0 unspecified atom stereocenters. The third-order valence-corrected chi connectivity index (χ3v) is 5.27. The van der Waals surface area contributed by atoms with Gasteiger partial charge in [-0.3, -0.25) is 14.7 Å². The number of nitrogens with zero attached hydrogens (tertiary/aromatic N) is 3. The minimum absolute atomic E-state index is 0.0358. The fourth-order valence-electron chi connectivity index (χ4n) is 3.98. The van der Waals surface area contributed by atoms with Crippen molar-refractivity contribution >= 4 is 11.6 Å². The first-order valence-electron chi connectivity index (χ1n) is 8.85. The molecule has 4 heteroatoms. The topological polar surface area (TPSA) is 36.4 Å². The SMILES string of the molecule is CCc1cccnc1C(=O)N1C[C@@H]2CCCN2Cc2ccccc21. The van der Waals surface area contributed by atoms with Crippen molar-refractivity contribution < 1.29 is 4.79 Å². The average molecular weight is 321 g/mol. The highest BCUT2D eigenvalue weighted by Gasteiger charge is 2.34. The molecule has 4 nitrogen and oxygen atoms in total. The average Bonchev–Trinajstić information content (AvgIpc) is 3.00. The zero-order chi connectivity index (χ0) is 16.5. The smallest absolute Gasteiger partial charge is 0.277 e. The summed E-state index contributed by atoms with van der Waals surface area (Å²) in [7, 11) is 0. The summed E-state index contributed by atoms with van der Waals surface area (Å²) >= 11 is 0. The maximum Gasteiger partial charge on any atom is 0.277 e. The lowest BCUT2D eigenvalue weighted by atomic mass is 10.1. The van der Waals surface area contributed by atoms with E-state index in [1.54, 1.807) is 6.20 Å². The van der Waals surface area contributed by atoms with Crippen LogP contribution in [0.1, 0.15) is 41.4 Å². The zero-order valence-electron chi connectivity index (χ0n) is 14.1. The van der Waals surface area contributed by atoms with Crippen LogP contribution in [-0.2, 0) is 13.0 Å². The predicted molar refractivity (Wildman–Crippen MR) is 95.2 cm³/mol. The third kappa shape index (κ3) is 2.61. The highest BCUT2D eigenvalue weighted by Crippen LogP contribution is 2.32. The number of carbonyl (C=O) groups excluding carboxylic acids is 1. The molecule has 1 fully saturated rings. The van der Waals surface area contributed by atoms with Crippen molar-refractivity contribution in [3.05, 3.63) is 59.4 Å². The molecule has 0 saturated carbocycles. The van der Waals surface area contributed by atoms with Gasteiger partial charge in [0.05, 0.1) is 0 Å². The highest BCUT2D eigenvalue weighted by atomic mass is 16.2. The van der Waals surface area contributed by atoms with Gasteiger partial charge in [-0.25, -0.2) is 0 Å². The number of benzene rings is 1. The lowest BCUT2D eigenvalue weighted by Crippen LogP contribution is -2.41. The first kappa shape index (κ1) is 15.3. The maximum absolute atomic E-state index is 13.3. The second-order valence-corrected chi connectivity index (χ2v) is 6.68. The van der Waals surface area contributed by atoms with Gasteiger partial charge in [0.25, 0.3) is 5.91 Å². The van der Waals surface area contributed by atoms with Crippen LogP contribution in [0.5, 0.6) is 0 Å². The molecular weight excluding hydrogens is 298 g/mol. The summed E-state index contributed by atoms with van der Waals surface area (Å²) in [6, 6.07) is 12.7. The molecule has 2 aromatic rings. The van der Waals surface area contributed by atoms with Gasteiger partial charge >= 0.3 is 0 Å². The first-order chi connectivity index (χ1) is 11.8. The summed E-state index contributed by atoms with van der Waals surface area (Å²) in [4.78, 5) is 22.2. The minimum atomic E-state index is 0.0358. The molecule has 0 bridgehead atoms. The molecule has 0 radical (unpaired) electrons. The molecular formula is C20H23N3O. The first-order valence-corrected chi connectivity index (χ1v) is 8.85. The van der Waals surface area contributed by atoms with E-state index in [1.165, 1.54) is 18.4 Å². The number of hydrogen-bond donors (Lipinski definition) is 0. The van der Waals surface area contributed by atoms with Gasteiger partial charge in [-0.2, -0.15) is 0 Å². The number of hydrogen-bond acceptors (Lipinski definition) is 3. The van der Waals surface area contributed by atoms with Gasteiger partial charge in [0.1, 0.15) is 5.69 Å². The van der Waals surface area contributed by atoms with Crippen LogP contribution in [0.15, 0.2) is 42.6 Å². The van der Waals surface area contributed by atoms with E-state index < -0.39 is 0 Å². The van der Waals surface area contributed by atoms with E-state index in [4.69, 9.17) is 0 Å². The lowest BCUT2D eigenvalue weighted by molar-refractivity contribution is 0.0975. The normalized spacial score (nSPS) is 20.4. The number of amides is 1. The Morgan fingerprint density at radius 3 is 3.00 bits per heavy atom. The number of aromatic nitrogens is 1. The summed E-state index contributed by atoms with van der Waals surface area (Å²) in [6.45, 7) is 4.90. The van der Waals surface area contributed by atoms with Gasteiger partial charge < -0.3 is 4.90 Å². The third-order valence-electron chi connectivity index (χ3n) is 5.27. The number of para-hydroxylation sites is 1. The van der Waals surface area contributed by atoms with Crippen LogP contribution in [-0.4, -0.2) is 34.9 Å². The number of aryl methyl sites for hydroxylation is 1. The Kier molecular flexibility index (Phi) is 4.07. The van der Waals surface area contributed by atoms with Gasteiger partial charge in [-0.15, -0.1) is 0 Å². The molecule has 4 rings (SSSR count). The molecule has 1 aromatic carbocycles. The van der Waals surface area contributed by atoms with Crippen molar-refractivity contribution in [1.82, 2.24) is 9.88 Å². The van der Waals surface area contributed by atoms with Crippen molar-refractivity contribution in [3.8, 4) is 0 Å². The summed E-state index contributed by atoms with van der Waals surface area (Å²) in [5.41, 5.74) is 3.91. The second kappa shape index (κ2) is 6.36. The lowest BCUT2D eigenvalue weighted by Gasteiger charge is -2.26. The molecule has 24 heavy (non-hydrogen) atoms. The predicted octanol–water partition coefficient (Wildman–Crippen LogP) is 3.27. The maximum atomic E-state index is 13.3. The Hall–Kier alpha value is -2.20. The monoisotopic (exact) mass is 321 g/mol. The van der Waals surface area contributed by atoms with E-state index in [2.05, 4.69) is 35.0 Å². The summed E-state index contributed by atoms with van der Waals surface area (Å²) in [5, 5.41) is 0. The molecule has 124 valence electrons.